The number of nitrogens with zero attached hydrogens (tertiary/aromatic N) is 1. The van der Waals surface area contributed by atoms with E-state index in [0.717, 1.165) is 62.5 Å². The van der Waals surface area contributed by atoms with Crippen LogP contribution in [0.5, 0.6) is 23.0 Å². The van der Waals surface area contributed by atoms with Crippen LogP contribution < -0.4 is 31.2 Å². The number of aliphatic hydroxyl groups excluding tert-OH is 1. The van der Waals surface area contributed by atoms with E-state index in [1.54, 1.807) is 38.2 Å². The van der Waals surface area contributed by atoms with Crippen molar-refractivity contribution in [3.63, 3.8) is 0 Å². The van der Waals surface area contributed by atoms with Crippen LogP contribution in [0.2, 0.25) is 0 Å². The van der Waals surface area contributed by atoms with Gasteiger partial charge in [-0.1, -0.05) is 25.0 Å². The highest BCUT2D eigenvalue weighted by molar-refractivity contribution is 5.94. The van der Waals surface area contributed by atoms with E-state index in [2.05, 4.69) is 20.9 Å². The number of hydrogen-bond acceptors (Lipinski definition) is 10. The number of allylic oxidation sites excluding steroid dienone is 2. The number of rotatable bonds is 20. The number of ketones is 1. The molecule has 2 aliphatic carbocycles. The highest BCUT2D eigenvalue weighted by Gasteiger charge is 2.42. The zero-order chi connectivity index (χ0) is 36.9. The van der Waals surface area contributed by atoms with E-state index < -0.39 is 11.7 Å². The predicted molar refractivity (Wildman–Crippen MR) is 201 cm³/mol. The monoisotopic (exact) mass is 709 g/mol. The zero-order valence-electron chi connectivity index (χ0n) is 30.8. The summed E-state index contributed by atoms with van der Waals surface area (Å²) < 4.78 is 17.8. The van der Waals surface area contributed by atoms with Crippen molar-refractivity contribution >= 4 is 17.4 Å². The van der Waals surface area contributed by atoms with Crippen molar-refractivity contribution < 1.29 is 34.3 Å². The number of phenols is 2. The van der Waals surface area contributed by atoms with E-state index in [1.165, 1.54) is 7.11 Å². The second-order valence-electron chi connectivity index (χ2n) is 14.2. The molecule has 4 rings (SSSR count). The van der Waals surface area contributed by atoms with Gasteiger partial charge in [0, 0.05) is 33.2 Å². The van der Waals surface area contributed by atoms with Crippen LogP contribution in [0.4, 0.5) is 5.69 Å². The molecule has 0 unspecified atom stereocenters. The molecular formula is C39H59N5O7. The number of aryl methyl sites for hydroxylation is 1. The second-order valence-corrected chi connectivity index (χ2v) is 14.2. The summed E-state index contributed by atoms with van der Waals surface area (Å²) in [6.45, 7) is 3.86. The van der Waals surface area contributed by atoms with Gasteiger partial charge < -0.3 is 45.9 Å². The molecule has 2 aromatic carbocycles. The third kappa shape index (κ3) is 11.3. The van der Waals surface area contributed by atoms with Crippen LogP contribution in [0, 0.1) is 5.92 Å². The van der Waals surface area contributed by atoms with Crippen molar-refractivity contribution in [3.05, 3.63) is 53.6 Å². The average molecular weight is 710 g/mol. The quantitative estimate of drug-likeness (QED) is 0.0248. The van der Waals surface area contributed by atoms with E-state index in [0.29, 0.717) is 68.8 Å². The lowest BCUT2D eigenvalue weighted by Crippen LogP contribution is -2.43. The van der Waals surface area contributed by atoms with Gasteiger partial charge >= 0.3 is 0 Å². The minimum absolute atomic E-state index is 0.0125. The van der Waals surface area contributed by atoms with Gasteiger partial charge in [-0.25, -0.2) is 0 Å². The van der Waals surface area contributed by atoms with Crippen LogP contribution in [-0.4, -0.2) is 86.4 Å². The number of aliphatic hydroxyl groups is 1. The molecule has 0 saturated heterocycles. The molecule has 2 fully saturated rings. The Labute approximate surface area is 302 Å². The minimum atomic E-state index is -0.515. The van der Waals surface area contributed by atoms with Crippen molar-refractivity contribution in [1.82, 2.24) is 10.6 Å². The Balaban J connectivity index is 1.51. The van der Waals surface area contributed by atoms with Gasteiger partial charge in [-0.2, -0.15) is 0 Å². The standard InChI is InChI=1S/C39H59N5O7/c1-27(45)24-43-26-50-19-14-29-13-18-39(23-29,25-41-2)51-35-22-30(21-32(36(35)48)44-37(40)42-3)38(15-5-6-16-38)17-7-8-31(46)11-9-28-10-12-33(47)34(20-28)49-4/h7-8,10,12,20-22,27,29,41,43,45,47-48H,5-6,9,11,13-19,23-26H2,1-4H3,(H3,40,42,44)/t27-,29+,39-/m0/s1. The van der Waals surface area contributed by atoms with Gasteiger partial charge in [-0.15, -0.1) is 0 Å². The molecule has 3 atom stereocenters. The molecule has 2 aliphatic rings. The summed E-state index contributed by atoms with van der Waals surface area (Å²) >= 11 is 0. The topological polar surface area (TPSA) is 180 Å². The largest absolute Gasteiger partial charge is 0.504 e. The number of aliphatic imine (C=N–C) groups is 1. The normalized spacial score (nSPS) is 20.9. The van der Waals surface area contributed by atoms with Gasteiger partial charge in [0.1, 0.15) is 5.60 Å². The number of nitrogens with one attached hydrogen (secondary N) is 3. The maximum atomic E-state index is 12.9. The zero-order valence-corrected chi connectivity index (χ0v) is 30.8. The van der Waals surface area contributed by atoms with E-state index in [-0.39, 0.29) is 28.7 Å². The minimum Gasteiger partial charge on any atom is -0.504 e. The lowest BCUT2D eigenvalue weighted by atomic mass is 9.75. The van der Waals surface area contributed by atoms with Crippen LogP contribution in [-0.2, 0) is 21.4 Å². The van der Waals surface area contributed by atoms with Crippen molar-refractivity contribution in [2.24, 2.45) is 16.6 Å². The summed E-state index contributed by atoms with van der Waals surface area (Å²) in [7, 11) is 5.01. The molecule has 2 saturated carbocycles. The first-order valence-electron chi connectivity index (χ1n) is 18.2. The Morgan fingerprint density at radius 3 is 2.65 bits per heavy atom. The number of hydrogen-bond donors (Lipinski definition) is 7. The van der Waals surface area contributed by atoms with Gasteiger partial charge in [0.15, 0.2) is 34.7 Å². The number of likely N-dealkylation sites (N-methyl/N-ethyl adjacent to an activating group) is 1. The Kier molecular flexibility index (Phi) is 15.0. The molecule has 12 heteroatoms. The molecule has 282 valence electrons. The number of anilines is 1. The van der Waals surface area contributed by atoms with Crippen LogP contribution >= 0.6 is 0 Å². The van der Waals surface area contributed by atoms with E-state index in [4.69, 9.17) is 19.9 Å². The van der Waals surface area contributed by atoms with Gasteiger partial charge in [0.25, 0.3) is 0 Å². The van der Waals surface area contributed by atoms with Crippen LogP contribution in [0.15, 0.2) is 47.5 Å². The Morgan fingerprint density at radius 2 is 1.94 bits per heavy atom. The summed E-state index contributed by atoms with van der Waals surface area (Å²) in [6, 6.07) is 9.08. The fourth-order valence-corrected chi connectivity index (χ4v) is 7.54. The van der Waals surface area contributed by atoms with Crippen molar-refractivity contribution in [2.45, 2.75) is 94.7 Å². The fraction of sp³-hybridized carbons (Fsp3) is 0.590. The number of carbonyl (C=O) groups is 1. The first kappa shape index (κ1) is 39.9. The Bertz CT molecular complexity index is 1490. The average Bonchev–Trinajstić information content (AvgIpc) is 3.75. The van der Waals surface area contributed by atoms with Gasteiger partial charge in [-0.05, 0) is 118 Å². The third-order valence-corrected chi connectivity index (χ3v) is 10.3. The molecule has 0 heterocycles. The van der Waals surface area contributed by atoms with Crippen molar-refractivity contribution in [1.29, 1.82) is 0 Å². The SMILES string of the molecule is CN=C(N)Nc1cc(C2(CC=CC(=O)CCc3ccc(O)c(OC)c3)CCCC2)cc(O[C@@]2(CNC)CC[C@H](CCOCNC[C@H](C)O)C2)c1O. The summed E-state index contributed by atoms with van der Waals surface area (Å²) in [5, 5.41) is 40.4. The van der Waals surface area contributed by atoms with Crippen LogP contribution in [0.3, 0.4) is 0 Å². The molecule has 0 aromatic heterocycles. The predicted octanol–water partition coefficient (Wildman–Crippen LogP) is 4.89. The molecule has 51 heavy (non-hydrogen) atoms. The fourth-order valence-electron chi connectivity index (χ4n) is 7.54. The molecular weight excluding hydrogens is 650 g/mol. The second kappa shape index (κ2) is 19.1. The molecule has 12 nitrogen and oxygen atoms in total. The molecule has 8 N–H and O–H groups in total. The van der Waals surface area contributed by atoms with Crippen LogP contribution in [0.1, 0.15) is 82.3 Å². The molecule has 0 amide bonds. The van der Waals surface area contributed by atoms with E-state index in [1.807, 2.05) is 25.3 Å². The number of ether oxygens (including phenoxy) is 3. The van der Waals surface area contributed by atoms with Gasteiger partial charge in [-0.3, -0.25) is 15.1 Å². The highest BCUT2D eigenvalue weighted by atomic mass is 16.5. The number of carbonyl (C=O) groups excluding carboxylic acids is 1. The van der Waals surface area contributed by atoms with E-state index in [9.17, 15) is 20.1 Å². The Hall–Kier alpha value is -3.84. The number of benzene rings is 2. The molecule has 0 bridgehead atoms. The maximum Gasteiger partial charge on any atom is 0.192 e. The number of methoxy groups -OCH3 is 1. The summed E-state index contributed by atoms with van der Waals surface area (Å²) in [5.74, 6) is 1.48. The molecule has 2 aromatic rings. The highest BCUT2D eigenvalue weighted by Crippen LogP contribution is 2.50. The molecule has 0 spiro atoms. The molecule has 0 radical (unpaired) electrons. The first-order chi connectivity index (χ1) is 24.5. The smallest absolute Gasteiger partial charge is 0.192 e. The number of aromatic hydroxyl groups is 2. The number of nitrogens with two attached hydrogens (primary N) is 1. The summed E-state index contributed by atoms with van der Waals surface area (Å²) in [4.78, 5) is 17.0. The van der Waals surface area contributed by atoms with E-state index >= 15 is 0 Å². The lowest BCUT2D eigenvalue weighted by Gasteiger charge is -2.34. The van der Waals surface area contributed by atoms with Crippen LogP contribution in [0.25, 0.3) is 0 Å². The van der Waals surface area contributed by atoms with Crippen molar-refractivity contribution in [2.75, 3.05) is 52.9 Å². The maximum absolute atomic E-state index is 12.9. The first-order valence-corrected chi connectivity index (χ1v) is 18.2. The Morgan fingerprint density at radius 1 is 1.16 bits per heavy atom. The summed E-state index contributed by atoms with van der Waals surface area (Å²) in [6.07, 6.45) is 12.3. The van der Waals surface area contributed by atoms with Gasteiger partial charge in [0.05, 0.1) is 25.6 Å². The third-order valence-electron chi connectivity index (χ3n) is 10.3. The summed E-state index contributed by atoms with van der Waals surface area (Å²) in [5.41, 5.74) is 7.73. The van der Waals surface area contributed by atoms with Crippen molar-refractivity contribution in [3.8, 4) is 23.0 Å². The lowest BCUT2D eigenvalue weighted by molar-refractivity contribution is -0.114. The number of guanidine groups is 1. The number of phenolic OH excluding ortho intramolecular Hbond substituents is 2. The molecule has 0 aliphatic heterocycles. The van der Waals surface area contributed by atoms with Gasteiger partial charge in [0.2, 0.25) is 0 Å².